The third-order valence-electron chi connectivity index (χ3n) is 5.19. The van der Waals surface area contributed by atoms with E-state index >= 15 is 0 Å². The third kappa shape index (κ3) is 3.71. The van der Waals surface area contributed by atoms with Gasteiger partial charge in [-0.15, -0.1) is 0 Å². The maximum absolute atomic E-state index is 12.7. The number of nitrogens with zero attached hydrogens (tertiary/aromatic N) is 1. The van der Waals surface area contributed by atoms with Crippen molar-refractivity contribution in [2.75, 3.05) is 7.05 Å². The molecule has 0 aromatic rings. The van der Waals surface area contributed by atoms with Crippen LogP contribution >= 0.6 is 0 Å². The summed E-state index contributed by atoms with van der Waals surface area (Å²) >= 11 is 0. The first-order valence-electron chi connectivity index (χ1n) is 7.58. The summed E-state index contributed by atoms with van der Waals surface area (Å²) < 4.78 is 0. The molecular formula is C16H32N2O. The largest absolute Gasteiger partial charge is 0.342 e. The minimum Gasteiger partial charge on any atom is -0.342 e. The third-order valence-corrected chi connectivity index (χ3v) is 5.19. The molecule has 3 nitrogen and oxygen atoms in total. The van der Waals surface area contributed by atoms with Gasteiger partial charge in [-0.25, -0.2) is 0 Å². The summed E-state index contributed by atoms with van der Waals surface area (Å²) in [6, 6.07) is 0.409. The van der Waals surface area contributed by atoms with Crippen LogP contribution in [0.3, 0.4) is 0 Å². The number of nitrogens with two attached hydrogens (primary N) is 1. The van der Waals surface area contributed by atoms with Gasteiger partial charge in [0.1, 0.15) is 0 Å². The Morgan fingerprint density at radius 3 is 2.21 bits per heavy atom. The topological polar surface area (TPSA) is 46.3 Å². The molecule has 0 aliphatic heterocycles. The second kappa shape index (κ2) is 5.82. The molecule has 5 unspecified atom stereocenters. The standard InChI is InChI=1S/C16H32N2O/c1-10-8-11(2)14(17)9-13(10)15(19)18(7)12(3)16(4,5)6/h10-14H,8-9,17H2,1-7H3. The maximum atomic E-state index is 12.7. The van der Waals surface area contributed by atoms with Gasteiger partial charge in [0.2, 0.25) is 5.91 Å². The molecule has 1 saturated carbocycles. The molecular weight excluding hydrogens is 236 g/mol. The lowest BCUT2D eigenvalue weighted by molar-refractivity contribution is -0.141. The minimum atomic E-state index is 0.0981. The molecule has 1 amide bonds. The van der Waals surface area contributed by atoms with Crippen LogP contribution in [0.2, 0.25) is 0 Å². The highest BCUT2D eigenvalue weighted by Gasteiger charge is 2.38. The lowest BCUT2D eigenvalue weighted by Crippen LogP contribution is -2.50. The van der Waals surface area contributed by atoms with Crippen molar-refractivity contribution < 1.29 is 4.79 Å². The van der Waals surface area contributed by atoms with Gasteiger partial charge in [0, 0.05) is 25.0 Å². The molecule has 1 fully saturated rings. The van der Waals surface area contributed by atoms with E-state index in [0.717, 1.165) is 12.8 Å². The second-order valence-corrected chi connectivity index (χ2v) is 7.69. The lowest BCUT2D eigenvalue weighted by atomic mass is 9.72. The summed E-state index contributed by atoms with van der Waals surface area (Å²) in [4.78, 5) is 14.7. The first kappa shape index (κ1) is 16.5. The zero-order valence-electron chi connectivity index (χ0n) is 13.7. The SMILES string of the molecule is CC1CC(C)C(C(=O)N(C)C(C)C(C)(C)C)CC1N. The van der Waals surface area contributed by atoms with Crippen LogP contribution in [0.5, 0.6) is 0 Å². The Balaban J connectivity index is 2.77. The highest BCUT2D eigenvalue weighted by atomic mass is 16.2. The Morgan fingerprint density at radius 2 is 1.74 bits per heavy atom. The molecule has 19 heavy (non-hydrogen) atoms. The van der Waals surface area contributed by atoms with Crippen LogP contribution in [0.1, 0.15) is 54.4 Å². The molecule has 0 aromatic heterocycles. The molecule has 0 bridgehead atoms. The van der Waals surface area contributed by atoms with E-state index in [-0.39, 0.29) is 29.3 Å². The van der Waals surface area contributed by atoms with E-state index in [2.05, 4.69) is 41.5 Å². The Labute approximate surface area is 118 Å². The van der Waals surface area contributed by atoms with Gasteiger partial charge in [0.25, 0.3) is 0 Å². The van der Waals surface area contributed by atoms with Gasteiger partial charge in [-0.05, 0) is 37.0 Å². The van der Waals surface area contributed by atoms with Crippen LogP contribution in [0.15, 0.2) is 0 Å². The van der Waals surface area contributed by atoms with Crippen molar-refractivity contribution in [3.05, 3.63) is 0 Å². The highest BCUT2D eigenvalue weighted by Crippen LogP contribution is 2.35. The molecule has 0 heterocycles. The van der Waals surface area contributed by atoms with Crippen molar-refractivity contribution in [1.29, 1.82) is 0 Å². The molecule has 112 valence electrons. The van der Waals surface area contributed by atoms with Gasteiger partial charge >= 0.3 is 0 Å². The molecule has 0 saturated heterocycles. The van der Waals surface area contributed by atoms with Gasteiger partial charge in [-0.1, -0.05) is 34.6 Å². The molecule has 0 aromatic carbocycles. The number of carbonyl (C=O) groups excluding carboxylic acids is 1. The molecule has 1 aliphatic carbocycles. The van der Waals surface area contributed by atoms with Crippen LogP contribution in [-0.2, 0) is 4.79 Å². The van der Waals surface area contributed by atoms with Crippen molar-refractivity contribution >= 4 is 5.91 Å². The first-order chi connectivity index (χ1) is 8.55. The van der Waals surface area contributed by atoms with Gasteiger partial charge in [0.15, 0.2) is 0 Å². The fourth-order valence-corrected chi connectivity index (χ4v) is 3.06. The average molecular weight is 268 g/mol. The Morgan fingerprint density at radius 1 is 1.21 bits per heavy atom. The van der Waals surface area contributed by atoms with Crippen LogP contribution in [0.4, 0.5) is 0 Å². The van der Waals surface area contributed by atoms with Gasteiger partial charge in [-0.2, -0.15) is 0 Å². The van der Waals surface area contributed by atoms with Crippen molar-refractivity contribution in [1.82, 2.24) is 4.90 Å². The summed E-state index contributed by atoms with van der Waals surface area (Å²) in [5.41, 5.74) is 6.27. The summed E-state index contributed by atoms with van der Waals surface area (Å²) in [5.74, 6) is 1.35. The average Bonchev–Trinajstić information content (AvgIpc) is 2.29. The van der Waals surface area contributed by atoms with E-state index in [0.29, 0.717) is 11.8 Å². The Hall–Kier alpha value is -0.570. The molecule has 0 spiro atoms. The fourth-order valence-electron chi connectivity index (χ4n) is 3.06. The Kier molecular flexibility index (Phi) is 5.05. The van der Waals surface area contributed by atoms with Crippen LogP contribution in [-0.4, -0.2) is 29.9 Å². The summed E-state index contributed by atoms with van der Waals surface area (Å²) in [6.45, 7) is 13.1. The zero-order chi connectivity index (χ0) is 15.0. The van der Waals surface area contributed by atoms with Gasteiger partial charge in [0.05, 0.1) is 0 Å². The predicted octanol–water partition coefficient (Wildman–Crippen LogP) is 2.89. The smallest absolute Gasteiger partial charge is 0.226 e. The van der Waals surface area contributed by atoms with Crippen molar-refractivity contribution in [3.63, 3.8) is 0 Å². The van der Waals surface area contributed by atoms with Crippen LogP contribution in [0.25, 0.3) is 0 Å². The Bertz CT molecular complexity index is 321. The van der Waals surface area contributed by atoms with Crippen molar-refractivity contribution in [3.8, 4) is 0 Å². The molecule has 3 heteroatoms. The van der Waals surface area contributed by atoms with Gasteiger partial charge < -0.3 is 10.6 Å². The fraction of sp³-hybridized carbons (Fsp3) is 0.938. The summed E-state index contributed by atoms with van der Waals surface area (Å²) in [6.07, 6.45) is 1.90. The number of carbonyl (C=O) groups is 1. The molecule has 2 N–H and O–H groups in total. The van der Waals surface area contributed by atoms with E-state index in [1.165, 1.54) is 0 Å². The van der Waals surface area contributed by atoms with Crippen LogP contribution < -0.4 is 5.73 Å². The number of hydrogen-bond donors (Lipinski definition) is 1. The van der Waals surface area contributed by atoms with E-state index < -0.39 is 0 Å². The van der Waals surface area contributed by atoms with Gasteiger partial charge in [-0.3, -0.25) is 4.79 Å². The number of hydrogen-bond acceptors (Lipinski definition) is 2. The van der Waals surface area contributed by atoms with E-state index in [1.807, 2.05) is 11.9 Å². The number of rotatable bonds is 2. The summed E-state index contributed by atoms with van der Waals surface area (Å²) in [7, 11) is 1.94. The van der Waals surface area contributed by atoms with E-state index in [9.17, 15) is 4.79 Å². The first-order valence-corrected chi connectivity index (χ1v) is 7.58. The monoisotopic (exact) mass is 268 g/mol. The zero-order valence-corrected chi connectivity index (χ0v) is 13.7. The summed E-state index contributed by atoms with van der Waals surface area (Å²) in [5, 5.41) is 0. The second-order valence-electron chi connectivity index (χ2n) is 7.69. The minimum absolute atomic E-state index is 0.0981. The number of amides is 1. The molecule has 0 radical (unpaired) electrons. The van der Waals surface area contributed by atoms with E-state index in [4.69, 9.17) is 5.73 Å². The molecule has 5 atom stereocenters. The predicted molar refractivity (Wildman–Crippen MR) is 80.7 cm³/mol. The van der Waals surface area contributed by atoms with Crippen LogP contribution in [0, 0.1) is 23.2 Å². The van der Waals surface area contributed by atoms with Crippen molar-refractivity contribution in [2.45, 2.75) is 66.5 Å². The maximum Gasteiger partial charge on any atom is 0.226 e. The van der Waals surface area contributed by atoms with Crippen molar-refractivity contribution in [2.24, 2.45) is 28.9 Å². The highest BCUT2D eigenvalue weighted by molar-refractivity contribution is 5.79. The lowest BCUT2D eigenvalue weighted by Gasteiger charge is -2.41. The molecule has 1 aliphatic rings. The molecule has 1 rings (SSSR count). The van der Waals surface area contributed by atoms with E-state index in [1.54, 1.807) is 0 Å². The normalized spacial score (nSPS) is 33.9. The quantitative estimate of drug-likeness (QED) is 0.837.